The Morgan fingerprint density at radius 1 is 0.929 bits per heavy atom. The lowest BCUT2D eigenvalue weighted by Gasteiger charge is -2.09. The van der Waals surface area contributed by atoms with Gasteiger partial charge in [-0.1, -0.05) is 31.2 Å². The van der Waals surface area contributed by atoms with Crippen molar-refractivity contribution in [1.29, 1.82) is 0 Å². The number of esters is 1. The number of fused-ring (bicyclic) bond motifs is 1. The maximum absolute atomic E-state index is 15.1. The zero-order valence-electron chi connectivity index (χ0n) is 23.4. The molecule has 0 bridgehead atoms. The third-order valence-electron chi connectivity index (χ3n) is 6.58. The van der Waals surface area contributed by atoms with Gasteiger partial charge in [0.1, 0.15) is 11.5 Å². The van der Waals surface area contributed by atoms with Gasteiger partial charge in [-0.15, -0.1) is 11.3 Å². The van der Waals surface area contributed by atoms with Crippen LogP contribution >= 0.6 is 11.3 Å². The maximum atomic E-state index is 15.1. The van der Waals surface area contributed by atoms with Crippen LogP contribution in [0.5, 0.6) is 11.5 Å². The molecular weight excluding hydrogens is 553 g/mol. The molecule has 3 heterocycles. The van der Waals surface area contributed by atoms with Crippen molar-refractivity contribution in [1.82, 2.24) is 15.3 Å². The lowest BCUT2D eigenvalue weighted by molar-refractivity contribution is -0.117. The Labute approximate surface area is 247 Å². The highest BCUT2D eigenvalue weighted by Crippen LogP contribution is 2.39. The molecule has 0 spiro atoms. The van der Waals surface area contributed by atoms with Crippen LogP contribution in [0.4, 0.5) is 4.39 Å². The number of nitrogens with one attached hydrogen (secondary N) is 1. The topological polar surface area (TPSA) is 90.4 Å². The van der Waals surface area contributed by atoms with Gasteiger partial charge in [-0.3, -0.25) is 14.8 Å². The third kappa shape index (κ3) is 7.05. The van der Waals surface area contributed by atoms with E-state index in [-0.39, 0.29) is 24.4 Å². The molecule has 42 heavy (non-hydrogen) atoms. The molecule has 0 aliphatic heterocycles. The number of hydrogen-bond donors (Lipinski definition) is 1. The quantitative estimate of drug-likeness (QED) is 0.126. The van der Waals surface area contributed by atoms with Crippen LogP contribution in [0.15, 0.2) is 79.1 Å². The molecule has 1 N–H and O–H groups in total. The molecule has 0 aliphatic carbocycles. The molecule has 0 aliphatic rings. The molecule has 0 unspecified atom stereocenters. The number of nitrogens with zero attached hydrogens (tertiary/aromatic N) is 2. The van der Waals surface area contributed by atoms with Crippen molar-refractivity contribution in [3.8, 4) is 22.1 Å². The van der Waals surface area contributed by atoms with Gasteiger partial charge < -0.3 is 14.8 Å². The number of rotatable bonds is 12. The minimum absolute atomic E-state index is 0.0495. The number of carbonyl (C=O) groups excluding carboxylic acids is 2. The lowest BCUT2D eigenvalue weighted by Crippen LogP contribution is -2.13. The number of ketones is 1. The van der Waals surface area contributed by atoms with Gasteiger partial charge in [-0.2, -0.15) is 0 Å². The van der Waals surface area contributed by atoms with E-state index < -0.39 is 11.8 Å². The van der Waals surface area contributed by atoms with Crippen molar-refractivity contribution >= 4 is 33.3 Å². The van der Waals surface area contributed by atoms with Crippen LogP contribution < -0.4 is 10.1 Å². The molecule has 0 amide bonds. The average Bonchev–Trinajstić information content (AvgIpc) is 3.44. The second-order valence-corrected chi connectivity index (χ2v) is 10.9. The van der Waals surface area contributed by atoms with Crippen LogP contribution in [0.25, 0.3) is 20.8 Å². The molecule has 214 valence electrons. The van der Waals surface area contributed by atoms with Gasteiger partial charge in [0.25, 0.3) is 0 Å². The van der Waals surface area contributed by atoms with E-state index >= 15 is 4.39 Å². The molecule has 2 aromatic carbocycles. The van der Waals surface area contributed by atoms with Crippen LogP contribution in [0, 0.1) is 5.82 Å². The van der Waals surface area contributed by atoms with Gasteiger partial charge >= 0.3 is 5.97 Å². The first kappa shape index (κ1) is 29.0. The monoisotopic (exact) mass is 583 g/mol. The molecule has 9 heteroatoms. The number of aromatic nitrogens is 2. The molecule has 0 fully saturated rings. The summed E-state index contributed by atoms with van der Waals surface area (Å²) in [5.74, 6) is -0.589. The number of Topliss-reactive ketones (excluding diaryl/α,β-unsaturated/α-hetero) is 1. The van der Waals surface area contributed by atoms with E-state index in [2.05, 4.69) is 28.3 Å². The Balaban J connectivity index is 1.27. The van der Waals surface area contributed by atoms with Crippen molar-refractivity contribution in [2.24, 2.45) is 0 Å². The first-order chi connectivity index (χ1) is 20.4. The van der Waals surface area contributed by atoms with Crippen molar-refractivity contribution in [2.75, 3.05) is 13.7 Å². The number of pyridine rings is 2. The molecule has 0 saturated carbocycles. The summed E-state index contributed by atoms with van der Waals surface area (Å²) in [6, 6.07) is 19.0. The number of halogens is 1. The summed E-state index contributed by atoms with van der Waals surface area (Å²) < 4.78 is 26.6. The van der Waals surface area contributed by atoms with Gasteiger partial charge in [-0.25, -0.2) is 9.18 Å². The molecular formula is C33H30FN3O4S. The van der Waals surface area contributed by atoms with Gasteiger partial charge in [-0.05, 0) is 66.1 Å². The van der Waals surface area contributed by atoms with Crippen molar-refractivity contribution < 1.29 is 23.5 Å². The Kier molecular flexibility index (Phi) is 9.31. The Morgan fingerprint density at radius 3 is 2.48 bits per heavy atom. The number of carbonyl (C=O) groups is 2. The van der Waals surface area contributed by atoms with E-state index in [9.17, 15) is 9.59 Å². The van der Waals surface area contributed by atoms with Gasteiger partial charge in [0.2, 0.25) is 0 Å². The summed E-state index contributed by atoms with van der Waals surface area (Å²) in [6.45, 7) is 3.87. The molecule has 7 nitrogen and oxygen atoms in total. The Morgan fingerprint density at radius 2 is 1.74 bits per heavy atom. The molecule has 3 aromatic heterocycles. The third-order valence-corrected chi connectivity index (χ3v) is 7.74. The van der Waals surface area contributed by atoms with Gasteiger partial charge in [0.05, 0.1) is 33.5 Å². The number of ether oxygens (including phenoxy) is 2. The van der Waals surface area contributed by atoms with Crippen LogP contribution in [-0.4, -0.2) is 35.4 Å². The highest BCUT2D eigenvalue weighted by Gasteiger charge is 2.15. The summed E-state index contributed by atoms with van der Waals surface area (Å²) in [7, 11) is 1.31. The average molecular weight is 584 g/mol. The van der Waals surface area contributed by atoms with E-state index in [1.807, 2.05) is 18.3 Å². The van der Waals surface area contributed by atoms with Crippen LogP contribution in [-0.2, 0) is 28.9 Å². The van der Waals surface area contributed by atoms with E-state index in [1.54, 1.807) is 42.6 Å². The number of methoxy groups -OCH3 is 1. The van der Waals surface area contributed by atoms with Gasteiger partial charge in [0, 0.05) is 37.8 Å². The summed E-state index contributed by atoms with van der Waals surface area (Å²) in [5, 5.41) is 3.37. The first-order valence-corrected chi connectivity index (χ1v) is 14.4. The fourth-order valence-corrected chi connectivity index (χ4v) is 5.55. The highest BCUT2D eigenvalue weighted by molar-refractivity contribution is 7.22. The van der Waals surface area contributed by atoms with Crippen LogP contribution in [0.1, 0.15) is 40.4 Å². The standard InChI is InChI=1S/C33H30FN3O4S/c1-3-12-35-19-23-7-9-27(37-20-23)31-18-28-32(42-31)30(11-13-36-28)41-29-10-8-22(17-26(29)34)16-25(38)15-21-5-4-6-24(14-21)33(39)40-2/h4-11,13-14,17-18,20,35H,3,12,15-16,19H2,1-2H3. The fourth-order valence-electron chi connectivity index (χ4n) is 4.51. The Bertz CT molecular complexity index is 1720. The number of benzene rings is 2. The predicted octanol–water partition coefficient (Wildman–Crippen LogP) is 6.93. The maximum Gasteiger partial charge on any atom is 0.337 e. The van der Waals surface area contributed by atoms with E-state index in [4.69, 9.17) is 9.47 Å². The molecule has 5 aromatic rings. The normalized spacial score (nSPS) is 11.0. The fraction of sp³-hybridized carbons (Fsp3) is 0.212. The first-order valence-electron chi connectivity index (χ1n) is 13.6. The summed E-state index contributed by atoms with van der Waals surface area (Å²) >= 11 is 1.48. The zero-order chi connectivity index (χ0) is 29.5. The molecule has 5 rings (SSSR count). The summed E-state index contributed by atoms with van der Waals surface area (Å²) in [5.41, 5.74) is 4.29. The number of thiophene rings is 1. The van der Waals surface area contributed by atoms with Crippen LogP contribution in [0.3, 0.4) is 0 Å². The van der Waals surface area contributed by atoms with Crippen molar-refractivity contribution in [3.05, 3.63) is 107 Å². The largest absolute Gasteiger partial charge is 0.465 e. The van der Waals surface area contributed by atoms with Crippen molar-refractivity contribution in [2.45, 2.75) is 32.7 Å². The second-order valence-electron chi connectivity index (χ2n) is 9.81. The molecule has 0 radical (unpaired) electrons. The van der Waals surface area contributed by atoms with E-state index in [0.29, 0.717) is 22.4 Å². The van der Waals surface area contributed by atoms with Crippen molar-refractivity contribution in [3.63, 3.8) is 0 Å². The molecule has 0 saturated heterocycles. The molecule has 0 atom stereocenters. The predicted molar refractivity (Wildman–Crippen MR) is 162 cm³/mol. The zero-order valence-corrected chi connectivity index (χ0v) is 24.2. The number of hydrogen-bond acceptors (Lipinski definition) is 8. The van der Waals surface area contributed by atoms with Gasteiger partial charge in [0.15, 0.2) is 11.6 Å². The highest BCUT2D eigenvalue weighted by atomic mass is 32.1. The minimum atomic E-state index is -0.566. The second kappa shape index (κ2) is 13.5. The Hall–Kier alpha value is -4.47. The lowest BCUT2D eigenvalue weighted by atomic mass is 10.0. The smallest absolute Gasteiger partial charge is 0.337 e. The van der Waals surface area contributed by atoms with Crippen LogP contribution in [0.2, 0.25) is 0 Å². The SMILES string of the molecule is CCCNCc1ccc(-c2cc3nccc(Oc4ccc(CC(=O)Cc5cccc(C(=O)OC)c5)cc4F)c3s2)nc1. The van der Waals surface area contributed by atoms with E-state index in [1.165, 1.54) is 30.6 Å². The summed E-state index contributed by atoms with van der Waals surface area (Å²) in [6.07, 6.45) is 4.74. The summed E-state index contributed by atoms with van der Waals surface area (Å²) in [4.78, 5) is 34.5. The minimum Gasteiger partial charge on any atom is -0.465 e. The van der Waals surface area contributed by atoms with E-state index in [0.717, 1.165) is 45.9 Å².